The van der Waals surface area contributed by atoms with Crippen molar-refractivity contribution in [2.75, 3.05) is 6.26 Å². The lowest BCUT2D eigenvalue weighted by Gasteiger charge is -2.29. The summed E-state index contributed by atoms with van der Waals surface area (Å²) < 4.78 is 37.4. The minimum absolute atomic E-state index is 0.154. The molecule has 0 radical (unpaired) electrons. The second-order valence-corrected chi connectivity index (χ2v) is 8.41. The summed E-state index contributed by atoms with van der Waals surface area (Å²) in [6.45, 7) is 0. The molecule has 3 nitrogen and oxygen atoms in total. The van der Waals surface area contributed by atoms with Crippen molar-refractivity contribution < 1.29 is 17.9 Å². The van der Waals surface area contributed by atoms with Gasteiger partial charge in [0.25, 0.3) is 0 Å². The zero-order valence-electron chi connectivity index (χ0n) is 10.6. The molecule has 0 heterocycles. The van der Waals surface area contributed by atoms with Gasteiger partial charge in [-0.3, -0.25) is 0 Å². The first kappa shape index (κ1) is 14.9. The van der Waals surface area contributed by atoms with Crippen LogP contribution < -0.4 is 0 Å². The average molecular weight is 351 g/mol. The first-order valence-corrected chi connectivity index (χ1v) is 8.82. The third-order valence-corrected chi connectivity index (χ3v) is 5.79. The second-order valence-electron chi connectivity index (χ2n) is 5.27. The number of halogens is 2. The van der Waals surface area contributed by atoms with Crippen LogP contribution in [0.4, 0.5) is 4.39 Å². The Bertz CT molecular complexity index is 567. The van der Waals surface area contributed by atoms with E-state index >= 15 is 0 Å². The largest absolute Gasteiger partial charge is 0.388 e. The highest BCUT2D eigenvalue weighted by Crippen LogP contribution is 2.37. The molecular weight excluding hydrogens is 335 g/mol. The van der Waals surface area contributed by atoms with Gasteiger partial charge in [0.2, 0.25) is 0 Å². The maximum atomic E-state index is 13.3. The minimum Gasteiger partial charge on any atom is -0.388 e. The summed E-state index contributed by atoms with van der Waals surface area (Å²) in [6, 6.07) is 4.37. The standard InChI is InChI=1S/C13H16BrFO3S/c1-19(17,18)12-3-2-4-13(12,16)8-9-5-10(14)7-11(15)6-9/h5-7,12,16H,2-4,8H2,1H3. The summed E-state index contributed by atoms with van der Waals surface area (Å²) in [4.78, 5) is 0. The number of sulfone groups is 1. The van der Waals surface area contributed by atoms with Crippen molar-refractivity contribution in [2.45, 2.75) is 36.5 Å². The zero-order valence-corrected chi connectivity index (χ0v) is 13.0. The van der Waals surface area contributed by atoms with Gasteiger partial charge in [-0.2, -0.15) is 0 Å². The summed E-state index contributed by atoms with van der Waals surface area (Å²) in [5.74, 6) is -0.401. The van der Waals surface area contributed by atoms with Gasteiger partial charge in [0, 0.05) is 17.1 Å². The Morgan fingerprint density at radius 3 is 2.74 bits per heavy atom. The Kier molecular flexibility index (Phi) is 4.05. The number of benzene rings is 1. The number of hydrogen-bond donors (Lipinski definition) is 1. The van der Waals surface area contributed by atoms with E-state index in [-0.39, 0.29) is 6.42 Å². The fraction of sp³-hybridized carbons (Fsp3) is 0.538. The molecule has 1 N–H and O–H groups in total. The molecule has 19 heavy (non-hydrogen) atoms. The van der Waals surface area contributed by atoms with Crippen molar-refractivity contribution in [3.8, 4) is 0 Å². The molecule has 6 heteroatoms. The van der Waals surface area contributed by atoms with E-state index in [1.54, 1.807) is 6.07 Å². The average Bonchev–Trinajstić information content (AvgIpc) is 2.57. The van der Waals surface area contributed by atoms with E-state index in [9.17, 15) is 17.9 Å². The van der Waals surface area contributed by atoms with Crippen LogP contribution in [0, 0.1) is 5.82 Å². The van der Waals surface area contributed by atoms with Gasteiger partial charge < -0.3 is 5.11 Å². The van der Waals surface area contributed by atoms with Crippen molar-refractivity contribution >= 4 is 25.8 Å². The van der Waals surface area contributed by atoms with E-state index in [1.807, 2.05) is 0 Å². The SMILES string of the molecule is CS(=O)(=O)C1CCCC1(O)Cc1cc(F)cc(Br)c1. The lowest BCUT2D eigenvalue weighted by atomic mass is 9.92. The summed E-state index contributed by atoms with van der Waals surface area (Å²) >= 11 is 3.19. The van der Waals surface area contributed by atoms with E-state index in [0.717, 1.165) is 6.26 Å². The first-order valence-electron chi connectivity index (χ1n) is 6.07. The van der Waals surface area contributed by atoms with Gasteiger partial charge in [-0.1, -0.05) is 15.9 Å². The molecular formula is C13H16BrFO3S. The number of hydrogen-bond acceptors (Lipinski definition) is 3. The highest BCUT2D eigenvalue weighted by molar-refractivity contribution is 9.10. The predicted molar refractivity (Wildman–Crippen MR) is 75.2 cm³/mol. The van der Waals surface area contributed by atoms with E-state index in [0.29, 0.717) is 29.3 Å². The Morgan fingerprint density at radius 2 is 2.16 bits per heavy atom. The fourth-order valence-corrected chi connectivity index (χ4v) is 5.01. The minimum atomic E-state index is -3.31. The molecule has 0 aromatic heterocycles. The predicted octanol–water partition coefficient (Wildman–Crippen LogP) is 2.46. The molecule has 0 bridgehead atoms. The van der Waals surface area contributed by atoms with Crippen LogP contribution in [0.1, 0.15) is 24.8 Å². The van der Waals surface area contributed by atoms with Gasteiger partial charge in [0.15, 0.2) is 9.84 Å². The molecule has 106 valence electrons. The van der Waals surface area contributed by atoms with Crippen LogP contribution in [-0.2, 0) is 16.3 Å². The Labute approximate surface area is 120 Å². The maximum Gasteiger partial charge on any atom is 0.153 e. The van der Waals surface area contributed by atoms with Gasteiger partial charge in [0.1, 0.15) is 5.82 Å². The molecule has 2 unspecified atom stereocenters. The summed E-state index contributed by atoms with van der Waals surface area (Å²) in [5, 5.41) is 9.84. The van der Waals surface area contributed by atoms with Gasteiger partial charge in [-0.05, 0) is 43.0 Å². The van der Waals surface area contributed by atoms with E-state index in [1.165, 1.54) is 12.1 Å². The van der Waals surface area contributed by atoms with E-state index < -0.39 is 26.5 Å². The second kappa shape index (κ2) is 5.14. The molecule has 1 aliphatic rings. The van der Waals surface area contributed by atoms with Crippen molar-refractivity contribution in [3.63, 3.8) is 0 Å². The van der Waals surface area contributed by atoms with E-state index in [2.05, 4.69) is 15.9 Å². The lowest BCUT2D eigenvalue weighted by Crippen LogP contribution is -2.44. The zero-order chi connectivity index (χ0) is 14.3. The molecule has 0 saturated heterocycles. The Hall–Kier alpha value is -0.460. The van der Waals surface area contributed by atoms with Crippen LogP contribution in [0.15, 0.2) is 22.7 Å². The molecule has 2 rings (SSSR count). The Balaban J connectivity index is 2.30. The van der Waals surface area contributed by atoms with Gasteiger partial charge >= 0.3 is 0 Å². The van der Waals surface area contributed by atoms with E-state index in [4.69, 9.17) is 0 Å². The van der Waals surface area contributed by atoms with Gasteiger partial charge in [-0.25, -0.2) is 12.8 Å². The highest BCUT2D eigenvalue weighted by atomic mass is 79.9. The van der Waals surface area contributed by atoms with Crippen molar-refractivity contribution in [2.24, 2.45) is 0 Å². The molecule has 1 aliphatic carbocycles. The molecule has 0 aliphatic heterocycles. The molecule has 2 atom stereocenters. The van der Waals surface area contributed by atoms with Crippen molar-refractivity contribution in [3.05, 3.63) is 34.1 Å². The maximum absolute atomic E-state index is 13.3. The van der Waals surface area contributed by atoms with Crippen LogP contribution in [0.3, 0.4) is 0 Å². The summed E-state index contributed by atoms with van der Waals surface area (Å²) in [5.41, 5.74) is -0.689. The normalized spacial score (nSPS) is 27.7. The van der Waals surface area contributed by atoms with Crippen LogP contribution in [0.5, 0.6) is 0 Å². The topological polar surface area (TPSA) is 54.4 Å². The molecule has 0 spiro atoms. The number of aliphatic hydroxyl groups is 1. The van der Waals surface area contributed by atoms with Gasteiger partial charge in [0.05, 0.1) is 10.9 Å². The van der Waals surface area contributed by atoms with Crippen molar-refractivity contribution in [1.82, 2.24) is 0 Å². The monoisotopic (exact) mass is 350 g/mol. The third-order valence-electron chi connectivity index (χ3n) is 3.62. The highest BCUT2D eigenvalue weighted by Gasteiger charge is 2.46. The molecule has 1 aromatic rings. The van der Waals surface area contributed by atoms with Crippen LogP contribution in [0.25, 0.3) is 0 Å². The lowest BCUT2D eigenvalue weighted by molar-refractivity contribution is 0.0512. The van der Waals surface area contributed by atoms with Crippen molar-refractivity contribution in [1.29, 1.82) is 0 Å². The smallest absolute Gasteiger partial charge is 0.153 e. The fourth-order valence-electron chi connectivity index (χ4n) is 2.90. The number of rotatable bonds is 3. The summed E-state index contributed by atoms with van der Waals surface area (Å²) in [7, 11) is -3.31. The van der Waals surface area contributed by atoms with Gasteiger partial charge in [-0.15, -0.1) is 0 Å². The van der Waals surface area contributed by atoms with Crippen LogP contribution in [0.2, 0.25) is 0 Å². The first-order chi connectivity index (χ1) is 8.71. The quantitative estimate of drug-likeness (QED) is 0.910. The molecule has 1 fully saturated rings. The van der Waals surface area contributed by atoms with Crippen LogP contribution in [-0.4, -0.2) is 30.6 Å². The molecule has 1 aromatic carbocycles. The third kappa shape index (κ3) is 3.35. The molecule has 1 saturated carbocycles. The Morgan fingerprint density at radius 1 is 1.47 bits per heavy atom. The summed E-state index contributed by atoms with van der Waals surface area (Å²) in [6.07, 6.45) is 2.87. The van der Waals surface area contributed by atoms with Crippen LogP contribution >= 0.6 is 15.9 Å². The molecule has 0 amide bonds.